The number of hydrogen-bond donors (Lipinski definition) is 2. The molecule has 0 bridgehead atoms. The number of rotatable bonds is 3. The molecular weight excluding hydrogens is 310 g/mol. The van der Waals surface area contributed by atoms with Gasteiger partial charge in [-0.3, -0.25) is 4.79 Å². The molecule has 5 nitrogen and oxygen atoms in total. The zero-order valence-electron chi connectivity index (χ0n) is 12.4. The van der Waals surface area contributed by atoms with E-state index in [1.165, 1.54) is 10.9 Å². The lowest BCUT2D eigenvalue weighted by atomic mass is 10.1. The average molecular weight is 330 g/mol. The normalized spacial score (nSPS) is 28.1. The Kier molecular flexibility index (Phi) is 4.56. The molecule has 0 radical (unpaired) electrons. The molecule has 0 aliphatic carbocycles. The van der Waals surface area contributed by atoms with Crippen molar-refractivity contribution in [2.45, 2.75) is 50.7 Å². The third kappa shape index (κ3) is 3.06. The zero-order chi connectivity index (χ0) is 15.7. The number of nitrogens with zero attached hydrogens (tertiary/aromatic N) is 2. The van der Waals surface area contributed by atoms with Gasteiger partial charge in [-0.1, -0.05) is 0 Å². The number of fused-ring (bicyclic) bond motifs is 1. The number of thioether (sulfide) groups is 1. The molecule has 8 heteroatoms. The lowest BCUT2D eigenvalue weighted by molar-refractivity contribution is 0.0666. The lowest BCUT2D eigenvalue weighted by Crippen LogP contribution is -2.39. The Bertz CT molecular complexity index is 545. The maximum Gasteiger partial charge on any atom is 0.260 e. The van der Waals surface area contributed by atoms with Crippen LogP contribution in [0.15, 0.2) is 6.20 Å². The highest BCUT2D eigenvalue weighted by Gasteiger charge is 2.34. The van der Waals surface area contributed by atoms with Crippen LogP contribution in [0.5, 0.6) is 0 Å². The Balaban J connectivity index is 1.79. The molecule has 2 aliphatic rings. The van der Waals surface area contributed by atoms with E-state index in [2.05, 4.69) is 15.7 Å². The predicted octanol–water partition coefficient (Wildman–Crippen LogP) is 2.52. The molecule has 3 atom stereocenters. The van der Waals surface area contributed by atoms with Crippen LogP contribution in [0.4, 0.5) is 14.6 Å². The zero-order valence-corrected chi connectivity index (χ0v) is 13.2. The maximum absolute atomic E-state index is 13.2. The number of amides is 1. The monoisotopic (exact) mass is 330 g/mol. The van der Waals surface area contributed by atoms with E-state index in [1.807, 2.05) is 18.7 Å². The highest BCUT2D eigenvalue weighted by Crippen LogP contribution is 2.33. The van der Waals surface area contributed by atoms with Crippen molar-refractivity contribution in [1.82, 2.24) is 15.1 Å². The van der Waals surface area contributed by atoms with Gasteiger partial charge in [0.15, 0.2) is 0 Å². The Morgan fingerprint density at radius 3 is 3.09 bits per heavy atom. The topological polar surface area (TPSA) is 59.0 Å². The first-order chi connectivity index (χ1) is 10.6. The van der Waals surface area contributed by atoms with Gasteiger partial charge in [0.2, 0.25) is 0 Å². The second kappa shape index (κ2) is 6.44. The second-order valence-corrected chi connectivity index (χ2v) is 7.07. The van der Waals surface area contributed by atoms with E-state index >= 15 is 0 Å². The van der Waals surface area contributed by atoms with Crippen LogP contribution in [0.3, 0.4) is 0 Å². The van der Waals surface area contributed by atoms with Crippen LogP contribution in [0.1, 0.15) is 42.6 Å². The van der Waals surface area contributed by atoms with Crippen LogP contribution < -0.4 is 10.6 Å². The van der Waals surface area contributed by atoms with Crippen molar-refractivity contribution in [3.63, 3.8) is 0 Å². The smallest absolute Gasteiger partial charge is 0.260 e. The summed E-state index contributed by atoms with van der Waals surface area (Å²) in [5.74, 6) is 2.21. The molecule has 0 aromatic carbocycles. The molecule has 2 aliphatic heterocycles. The van der Waals surface area contributed by atoms with Gasteiger partial charge in [-0.25, -0.2) is 13.5 Å². The molecule has 3 rings (SSSR count). The van der Waals surface area contributed by atoms with E-state index in [0.717, 1.165) is 24.3 Å². The summed E-state index contributed by atoms with van der Waals surface area (Å²) < 4.78 is 27.6. The van der Waals surface area contributed by atoms with Crippen molar-refractivity contribution < 1.29 is 13.6 Å². The molecule has 1 fully saturated rings. The molecule has 122 valence electrons. The van der Waals surface area contributed by atoms with Crippen molar-refractivity contribution in [3.8, 4) is 0 Å². The standard InChI is InChI=1S/C14H20F2N4OS/c1-8-5-11(12(15)16)20-13(18-8)10(6-17-20)14(21)19-9-3-2-4-22-7-9/h6,8-9,11-12,18H,2-5,7H2,1H3,(H,19,21)/t8-,9?,11-/m1/s1. The number of carbonyl (C=O) groups is 1. The lowest BCUT2D eigenvalue weighted by Gasteiger charge is -2.30. The Morgan fingerprint density at radius 1 is 1.59 bits per heavy atom. The number of alkyl halides is 2. The number of carbonyl (C=O) groups excluding carboxylic acids is 1. The maximum atomic E-state index is 13.2. The van der Waals surface area contributed by atoms with Gasteiger partial charge in [-0.05, 0) is 31.9 Å². The van der Waals surface area contributed by atoms with Crippen LogP contribution in [-0.4, -0.2) is 45.7 Å². The average Bonchev–Trinajstić information content (AvgIpc) is 2.90. The van der Waals surface area contributed by atoms with Crippen molar-refractivity contribution in [2.75, 3.05) is 16.8 Å². The minimum Gasteiger partial charge on any atom is -0.367 e. The molecule has 1 aromatic rings. The first kappa shape index (κ1) is 15.6. The van der Waals surface area contributed by atoms with Crippen LogP contribution in [0, 0.1) is 0 Å². The Morgan fingerprint density at radius 2 is 2.41 bits per heavy atom. The molecule has 1 amide bonds. The number of anilines is 1. The molecule has 1 unspecified atom stereocenters. The third-order valence-corrected chi connectivity index (χ3v) is 5.33. The van der Waals surface area contributed by atoms with Gasteiger partial charge in [-0.2, -0.15) is 16.9 Å². The minimum atomic E-state index is -2.49. The van der Waals surface area contributed by atoms with E-state index in [0.29, 0.717) is 17.8 Å². The van der Waals surface area contributed by atoms with Crippen LogP contribution in [0.2, 0.25) is 0 Å². The first-order valence-electron chi connectivity index (χ1n) is 7.57. The van der Waals surface area contributed by atoms with Crippen LogP contribution in [-0.2, 0) is 0 Å². The second-order valence-electron chi connectivity index (χ2n) is 5.92. The predicted molar refractivity (Wildman–Crippen MR) is 82.8 cm³/mol. The first-order valence-corrected chi connectivity index (χ1v) is 8.72. The summed E-state index contributed by atoms with van der Waals surface area (Å²) in [6, 6.07) is -0.938. The van der Waals surface area contributed by atoms with Gasteiger partial charge in [-0.15, -0.1) is 0 Å². The summed E-state index contributed by atoms with van der Waals surface area (Å²) in [6.07, 6.45) is 1.25. The fourth-order valence-electron chi connectivity index (χ4n) is 3.01. The van der Waals surface area contributed by atoms with Crippen molar-refractivity contribution in [2.24, 2.45) is 0 Å². The summed E-state index contributed by atoms with van der Waals surface area (Å²) >= 11 is 1.83. The highest BCUT2D eigenvalue weighted by molar-refractivity contribution is 7.99. The molecule has 1 saturated heterocycles. The van der Waals surface area contributed by atoms with Crippen molar-refractivity contribution >= 4 is 23.5 Å². The Hall–Kier alpha value is -1.31. The highest BCUT2D eigenvalue weighted by atomic mass is 32.2. The molecule has 2 N–H and O–H groups in total. The Labute approximate surface area is 132 Å². The summed E-state index contributed by atoms with van der Waals surface area (Å²) in [5.41, 5.74) is 0.354. The summed E-state index contributed by atoms with van der Waals surface area (Å²) in [4.78, 5) is 12.4. The van der Waals surface area contributed by atoms with Gasteiger partial charge < -0.3 is 10.6 Å². The molecule has 3 heterocycles. The van der Waals surface area contributed by atoms with E-state index in [-0.39, 0.29) is 18.0 Å². The van der Waals surface area contributed by atoms with Crippen LogP contribution in [0.25, 0.3) is 0 Å². The quantitative estimate of drug-likeness (QED) is 0.894. The van der Waals surface area contributed by atoms with Gasteiger partial charge in [0.1, 0.15) is 17.4 Å². The van der Waals surface area contributed by atoms with Gasteiger partial charge in [0, 0.05) is 17.8 Å². The number of aromatic nitrogens is 2. The van der Waals surface area contributed by atoms with E-state index < -0.39 is 12.5 Å². The number of halogens is 2. The summed E-state index contributed by atoms with van der Waals surface area (Å²) in [6.45, 7) is 1.84. The van der Waals surface area contributed by atoms with Crippen LogP contribution >= 0.6 is 11.8 Å². The van der Waals surface area contributed by atoms with E-state index in [4.69, 9.17) is 0 Å². The van der Waals surface area contributed by atoms with Gasteiger partial charge >= 0.3 is 0 Å². The largest absolute Gasteiger partial charge is 0.367 e. The molecule has 1 aromatic heterocycles. The van der Waals surface area contributed by atoms with Gasteiger partial charge in [0.25, 0.3) is 12.3 Å². The number of hydrogen-bond acceptors (Lipinski definition) is 4. The fourth-order valence-corrected chi connectivity index (χ4v) is 4.08. The summed E-state index contributed by atoms with van der Waals surface area (Å²) in [7, 11) is 0. The molecule has 0 saturated carbocycles. The SMILES string of the molecule is C[C@@H]1C[C@H](C(F)F)n2ncc(C(=O)NC3CCCSC3)c2N1. The minimum absolute atomic E-state index is 0.111. The van der Waals surface area contributed by atoms with Gasteiger partial charge in [0.05, 0.1) is 6.20 Å². The molecular formula is C14H20F2N4OS. The van der Waals surface area contributed by atoms with Crippen molar-refractivity contribution in [1.29, 1.82) is 0 Å². The van der Waals surface area contributed by atoms with Crippen molar-refractivity contribution in [3.05, 3.63) is 11.8 Å². The fraction of sp³-hybridized carbons (Fsp3) is 0.714. The van der Waals surface area contributed by atoms with E-state index in [1.54, 1.807) is 0 Å². The number of nitrogens with one attached hydrogen (secondary N) is 2. The molecule has 0 spiro atoms. The molecule has 22 heavy (non-hydrogen) atoms. The van der Waals surface area contributed by atoms with E-state index in [9.17, 15) is 13.6 Å². The third-order valence-electron chi connectivity index (χ3n) is 4.12. The summed E-state index contributed by atoms with van der Waals surface area (Å²) in [5, 5.41) is 10.1.